The summed E-state index contributed by atoms with van der Waals surface area (Å²) < 4.78 is 0. The molecule has 0 aliphatic carbocycles. The van der Waals surface area contributed by atoms with Crippen LogP contribution in [0.5, 0.6) is 0 Å². The summed E-state index contributed by atoms with van der Waals surface area (Å²) >= 11 is 0. The van der Waals surface area contributed by atoms with Gasteiger partial charge in [0.25, 0.3) is 0 Å². The lowest BCUT2D eigenvalue weighted by atomic mass is 10.0. The molecule has 0 aliphatic rings. The highest BCUT2D eigenvalue weighted by Gasteiger charge is 2.18. The summed E-state index contributed by atoms with van der Waals surface area (Å²) in [5, 5.41) is 0. The fourth-order valence-electron chi connectivity index (χ4n) is 1.65. The van der Waals surface area contributed by atoms with Crippen LogP contribution in [-0.2, 0) is 4.79 Å². The number of carbonyl (C=O) groups is 1. The first-order valence-corrected chi connectivity index (χ1v) is 5.12. The number of carbonyl (C=O) groups excluding carboxylic acids is 1. The van der Waals surface area contributed by atoms with Gasteiger partial charge in [-0.15, -0.1) is 6.42 Å². The van der Waals surface area contributed by atoms with Crippen molar-refractivity contribution in [3.63, 3.8) is 0 Å². The Morgan fingerprint density at radius 1 is 1.50 bits per heavy atom. The van der Waals surface area contributed by atoms with Crippen LogP contribution in [0.25, 0.3) is 0 Å². The minimum absolute atomic E-state index is 0.0465. The maximum atomic E-state index is 11.0. The molecule has 1 amide bonds. The van der Waals surface area contributed by atoms with Crippen molar-refractivity contribution in [2.24, 2.45) is 5.73 Å². The molecule has 0 aliphatic heterocycles. The molecule has 2 N–H and O–H groups in total. The normalized spacial score (nSPS) is 12.1. The van der Waals surface area contributed by atoms with Gasteiger partial charge in [-0.25, -0.2) is 0 Å². The van der Waals surface area contributed by atoms with Crippen LogP contribution in [-0.4, -0.2) is 24.4 Å². The molecule has 0 aromatic heterocycles. The average molecular weight is 216 g/mol. The summed E-state index contributed by atoms with van der Waals surface area (Å²) in [4.78, 5) is 13.0. The van der Waals surface area contributed by atoms with Gasteiger partial charge < -0.3 is 5.73 Å². The summed E-state index contributed by atoms with van der Waals surface area (Å²) in [6.07, 6.45) is 5.55. The van der Waals surface area contributed by atoms with Crippen LogP contribution in [0.15, 0.2) is 30.3 Å². The highest BCUT2D eigenvalue weighted by Crippen LogP contribution is 2.22. The zero-order chi connectivity index (χ0) is 12.0. The zero-order valence-corrected chi connectivity index (χ0v) is 9.39. The van der Waals surface area contributed by atoms with Gasteiger partial charge in [0.2, 0.25) is 5.91 Å². The smallest absolute Gasteiger partial charge is 0.219 e. The second-order valence-corrected chi connectivity index (χ2v) is 3.72. The third-order valence-corrected chi connectivity index (χ3v) is 2.45. The molecular formula is C13H16N2O. The summed E-state index contributed by atoms with van der Waals surface area (Å²) in [5.74, 6) is 2.24. The monoisotopic (exact) mass is 216 g/mol. The lowest BCUT2D eigenvalue weighted by Crippen LogP contribution is -2.29. The Morgan fingerprint density at radius 3 is 2.62 bits per heavy atom. The molecule has 0 saturated heterocycles. The molecule has 84 valence electrons. The number of rotatable bonds is 5. The molecular weight excluding hydrogens is 200 g/mol. The number of hydrogen-bond donors (Lipinski definition) is 1. The third kappa shape index (κ3) is 3.41. The molecule has 1 atom stereocenters. The molecule has 1 aromatic carbocycles. The van der Waals surface area contributed by atoms with Gasteiger partial charge >= 0.3 is 0 Å². The molecule has 0 heterocycles. The predicted molar refractivity (Wildman–Crippen MR) is 64.5 cm³/mol. The van der Waals surface area contributed by atoms with Gasteiger partial charge in [-0.05, 0) is 12.6 Å². The average Bonchev–Trinajstić information content (AvgIpc) is 2.27. The quantitative estimate of drug-likeness (QED) is 0.751. The summed E-state index contributed by atoms with van der Waals surface area (Å²) in [5.41, 5.74) is 6.30. The Bertz CT molecular complexity index is 381. The van der Waals surface area contributed by atoms with Crippen LogP contribution in [0, 0.1) is 12.3 Å². The second kappa shape index (κ2) is 5.94. The number of terminal acetylenes is 1. The van der Waals surface area contributed by atoms with Crippen LogP contribution in [0.3, 0.4) is 0 Å². The van der Waals surface area contributed by atoms with E-state index >= 15 is 0 Å². The van der Waals surface area contributed by atoms with E-state index in [-0.39, 0.29) is 18.4 Å². The first-order chi connectivity index (χ1) is 7.65. The van der Waals surface area contributed by atoms with Crippen molar-refractivity contribution in [3.05, 3.63) is 35.9 Å². The molecule has 0 fully saturated rings. The van der Waals surface area contributed by atoms with Crippen LogP contribution in [0.1, 0.15) is 18.0 Å². The standard InChI is InChI=1S/C13H16N2O/c1-3-9-15(2)12(10-13(14)16)11-7-5-4-6-8-11/h1,4-8,12H,9-10H2,2H3,(H2,14,16)/t12-/m0/s1. The van der Waals surface area contributed by atoms with E-state index in [9.17, 15) is 4.79 Å². The van der Waals surface area contributed by atoms with E-state index in [1.54, 1.807) is 0 Å². The van der Waals surface area contributed by atoms with E-state index in [4.69, 9.17) is 12.2 Å². The maximum Gasteiger partial charge on any atom is 0.219 e. The van der Waals surface area contributed by atoms with Crippen LogP contribution in [0.4, 0.5) is 0 Å². The van der Waals surface area contributed by atoms with Crippen molar-refractivity contribution in [1.29, 1.82) is 0 Å². The number of amides is 1. The number of benzene rings is 1. The Labute approximate surface area is 96.2 Å². The van der Waals surface area contributed by atoms with E-state index in [0.717, 1.165) is 5.56 Å². The van der Waals surface area contributed by atoms with Crippen LogP contribution < -0.4 is 5.73 Å². The van der Waals surface area contributed by atoms with E-state index in [1.165, 1.54) is 0 Å². The van der Waals surface area contributed by atoms with Gasteiger partial charge in [-0.2, -0.15) is 0 Å². The van der Waals surface area contributed by atoms with E-state index < -0.39 is 0 Å². The lowest BCUT2D eigenvalue weighted by molar-refractivity contribution is -0.119. The van der Waals surface area contributed by atoms with Crippen molar-refractivity contribution in [3.8, 4) is 12.3 Å². The minimum Gasteiger partial charge on any atom is -0.370 e. The van der Waals surface area contributed by atoms with Gasteiger partial charge in [-0.3, -0.25) is 9.69 Å². The molecule has 3 heteroatoms. The van der Waals surface area contributed by atoms with Gasteiger partial charge in [0.1, 0.15) is 0 Å². The molecule has 0 bridgehead atoms. The van der Waals surface area contributed by atoms with Crippen molar-refractivity contribution >= 4 is 5.91 Å². The largest absolute Gasteiger partial charge is 0.370 e. The Hall–Kier alpha value is -1.79. The van der Waals surface area contributed by atoms with Crippen molar-refractivity contribution in [2.75, 3.05) is 13.6 Å². The Morgan fingerprint density at radius 2 is 2.12 bits per heavy atom. The highest BCUT2D eigenvalue weighted by molar-refractivity contribution is 5.74. The third-order valence-electron chi connectivity index (χ3n) is 2.45. The van der Waals surface area contributed by atoms with Gasteiger partial charge in [0, 0.05) is 12.5 Å². The first kappa shape index (κ1) is 12.3. The van der Waals surface area contributed by atoms with Crippen LogP contribution >= 0.6 is 0 Å². The molecule has 0 spiro atoms. The van der Waals surface area contributed by atoms with E-state index in [2.05, 4.69) is 5.92 Å². The topological polar surface area (TPSA) is 46.3 Å². The molecule has 0 unspecified atom stereocenters. The summed E-state index contributed by atoms with van der Waals surface area (Å²) in [7, 11) is 1.89. The number of hydrogen-bond acceptors (Lipinski definition) is 2. The fraction of sp³-hybridized carbons (Fsp3) is 0.308. The van der Waals surface area contributed by atoms with Gasteiger partial charge in [0.15, 0.2) is 0 Å². The Balaban J connectivity index is 2.88. The summed E-state index contributed by atoms with van der Waals surface area (Å²) in [6, 6.07) is 9.71. The number of primary amides is 1. The molecule has 3 nitrogen and oxygen atoms in total. The zero-order valence-electron chi connectivity index (χ0n) is 9.39. The van der Waals surface area contributed by atoms with Crippen molar-refractivity contribution in [1.82, 2.24) is 4.90 Å². The Kier molecular flexibility index (Phi) is 4.56. The van der Waals surface area contributed by atoms with Gasteiger partial charge in [-0.1, -0.05) is 36.3 Å². The highest BCUT2D eigenvalue weighted by atomic mass is 16.1. The second-order valence-electron chi connectivity index (χ2n) is 3.72. The van der Waals surface area contributed by atoms with Crippen LogP contribution in [0.2, 0.25) is 0 Å². The van der Waals surface area contributed by atoms with Crippen molar-refractivity contribution < 1.29 is 4.79 Å². The predicted octanol–water partition coefficient (Wildman–Crippen LogP) is 1.17. The van der Waals surface area contributed by atoms with Gasteiger partial charge in [0.05, 0.1) is 6.54 Å². The molecule has 1 rings (SSSR count). The number of nitrogens with zero attached hydrogens (tertiary/aromatic N) is 1. The van der Waals surface area contributed by atoms with E-state index in [1.807, 2.05) is 42.3 Å². The number of nitrogens with two attached hydrogens (primary N) is 1. The summed E-state index contributed by atoms with van der Waals surface area (Å²) in [6.45, 7) is 0.493. The lowest BCUT2D eigenvalue weighted by Gasteiger charge is -2.25. The molecule has 0 saturated carbocycles. The molecule has 1 aromatic rings. The first-order valence-electron chi connectivity index (χ1n) is 5.12. The van der Waals surface area contributed by atoms with Crippen molar-refractivity contribution in [2.45, 2.75) is 12.5 Å². The molecule has 16 heavy (non-hydrogen) atoms. The van der Waals surface area contributed by atoms with E-state index in [0.29, 0.717) is 6.54 Å². The minimum atomic E-state index is -0.322. The SMILES string of the molecule is C#CCN(C)[C@@H](CC(N)=O)c1ccccc1. The molecule has 0 radical (unpaired) electrons. The maximum absolute atomic E-state index is 11.0. The fourth-order valence-corrected chi connectivity index (χ4v) is 1.65.